The monoisotopic (exact) mass is 371 g/mol. The lowest BCUT2D eigenvalue weighted by Crippen LogP contribution is -2.49. The van der Waals surface area contributed by atoms with Crippen molar-refractivity contribution in [1.82, 2.24) is 0 Å². The molecule has 0 aliphatic heterocycles. The molecule has 0 unspecified atom stereocenters. The van der Waals surface area contributed by atoms with E-state index in [1.807, 2.05) is 44.2 Å². The van der Waals surface area contributed by atoms with Gasteiger partial charge in [0.25, 0.3) is 0 Å². The smallest absolute Gasteiger partial charge is 0.330 e. The fourth-order valence-corrected chi connectivity index (χ4v) is 3.09. The number of furan rings is 1. The third-order valence-corrected chi connectivity index (χ3v) is 5.57. The highest BCUT2D eigenvalue weighted by Gasteiger charge is 2.35. The molecule has 3 aromatic carbocycles. The maximum Gasteiger partial charge on any atom is 0.330 e. The van der Waals surface area contributed by atoms with Crippen LogP contribution in [0.2, 0.25) is 0 Å². The van der Waals surface area contributed by atoms with E-state index >= 15 is 0 Å². The van der Waals surface area contributed by atoms with Crippen LogP contribution in [0.15, 0.2) is 71.1 Å². The fourth-order valence-electron chi connectivity index (χ4n) is 3.09. The minimum atomic E-state index is -0.958. The molecule has 4 heteroatoms. The Hall–Kier alpha value is -2.56. The average Bonchev–Trinajstić information content (AvgIpc) is 3.04. The molecule has 0 aliphatic carbocycles. The lowest BCUT2D eigenvalue weighted by atomic mass is 9.82. The average molecular weight is 371 g/mol. The number of rotatable bonds is 5. The first-order valence-electron chi connectivity index (χ1n) is 9.50. The SMILES string of the molecule is CC(C)(O)C(C)(C)O[B]c1ccc2oc3c(-c4ccccc4)cccc3c2c1. The summed E-state index contributed by atoms with van der Waals surface area (Å²) in [5.74, 6) is 0. The number of hydrogen-bond donors (Lipinski definition) is 1. The number of hydrogen-bond acceptors (Lipinski definition) is 3. The summed E-state index contributed by atoms with van der Waals surface area (Å²) < 4.78 is 12.1. The predicted octanol–water partition coefficient (Wildman–Crippen LogP) is 5.06. The molecule has 1 radical (unpaired) electrons. The Morgan fingerprint density at radius 2 is 1.61 bits per heavy atom. The molecule has 1 heterocycles. The van der Waals surface area contributed by atoms with Crippen molar-refractivity contribution in [3.63, 3.8) is 0 Å². The van der Waals surface area contributed by atoms with E-state index < -0.39 is 11.2 Å². The van der Waals surface area contributed by atoms with Gasteiger partial charge >= 0.3 is 7.48 Å². The van der Waals surface area contributed by atoms with Crippen molar-refractivity contribution in [1.29, 1.82) is 0 Å². The van der Waals surface area contributed by atoms with Gasteiger partial charge in [-0.15, -0.1) is 0 Å². The van der Waals surface area contributed by atoms with Crippen LogP contribution in [0.3, 0.4) is 0 Å². The minimum Gasteiger partial charge on any atom is -0.455 e. The lowest BCUT2D eigenvalue weighted by molar-refractivity contribution is -0.0893. The molecule has 4 rings (SSSR count). The molecule has 0 spiro atoms. The first-order valence-corrected chi connectivity index (χ1v) is 9.50. The summed E-state index contributed by atoms with van der Waals surface area (Å²) in [6.45, 7) is 7.25. The summed E-state index contributed by atoms with van der Waals surface area (Å²) in [5, 5.41) is 12.4. The van der Waals surface area contributed by atoms with Crippen molar-refractivity contribution < 1.29 is 14.2 Å². The van der Waals surface area contributed by atoms with Gasteiger partial charge in [-0.1, -0.05) is 66.1 Å². The Morgan fingerprint density at radius 3 is 2.32 bits per heavy atom. The highest BCUT2D eigenvalue weighted by atomic mass is 16.5. The summed E-state index contributed by atoms with van der Waals surface area (Å²) >= 11 is 0. The fraction of sp³-hybridized carbons (Fsp3) is 0.250. The van der Waals surface area contributed by atoms with Crippen molar-refractivity contribution in [3.05, 3.63) is 66.7 Å². The summed E-state index contributed by atoms with van der Waals surface area (Å²) in [6.07, 6.45) is 0. The number of fused-ring (bicyclic) bond motifs is 3. The van der Waals surface area contributed by atoms with E-state index in [9.17, 15) is 5.11 Å². The Labute approximate surface area is 166 Å². The molecular formula is C24H24BO3. The topological polar surface area (TPSA) is 42.6 Å². The molecule has 0 aliphatic rings. The standard InChI is InChI=1S/C24H24BO3/c1-23(2,26)24(3,4)28-25-17-13-14-21-20(15-17)19-12-8-11-18(22(19)27-21)16-9-6-5-7-10-16/h5-15,26H,1-4H3. The van der Waals surface area contributed by atoms with Crippen molar-refractivity contribution in [2.24, 2.45) is 0 Å². The molecule has 28 heavy (non-hydrogen) atoms. The van der Waals surface area contributed by atoms with Gasteiger partial charge in [0.05, 0.1) is 11.2 Å². The molecular weight excluding hydrogens is 347 g/mol. The first-order chi connectivity index (χ1) is 13.3. The van der Waals surface area contributed by atoms with Crippen molar-refractivity contribution in [3.8, 4) is 11.1 Å². The van der Waals surface area contributed by atoms with E-state index in [2.05, 4.69) is 36.4 Å². The molecule has 0 fully saturated rings. The van der Waals surface area contributed by atoms with Crippen LogP contribution < -0.4 is 5.46 Å². The third-order valence-electron chi connectivity index (χ3n) is 5.57. The Morgan fingerprint density at radius 1 is 0.857 bits per heavy atom. The molecule has 0 amide bonds. The second-order valence-electron chi connectivity index (χ2n) is 8.21. The molecule has 0 saturated carbocycles. The van der Waals surface area contributed by atoms with Crippen LogP contribution in [0, 0.1) is 0 Å². The summed E-state index contributed by atoms with van der Waals surface area (Å²) in [4.78, 5) is 0. The maximum absolute atomic E-state index is 10.3. The van der Waals surface area contributed by atoms with E-state index in [4.69, 9.17) is 9.07 Å². The molecule has 3 nitrogen and oxygen atoms in total. The van der Waals surface area contributed by atoms with Crippen LogP contribution in [0.4, 0.5) is 0 Å². The van der Waals surface area contributed by atoms with Gasteiger partial charge in [0.2, 0.25) is 0 Å². The summed E-state index contributed by atoms with van der Waals surface area (Å²) in [6, 6.07) is 22.5. The van der Waals surface area contributed by atoms with Crippen molar-refractivity contribution in [2.45, 2.75) is 38.9 Å². The van der Waals surface area contributed by atoms with Gasteiger partial charge in [-0.05, 0) is 39.3 Å². The normalized spacial score (nSPS) is 12.6. The van der Waals surface area contributed by atoms with E-state index in [1.54, 1.807) is 21.3 Å². The molecule has 4 aromatic rings. The number of para-hydroxylation sites is 1. The second-order valence-corrected chi connectivity index (χ2v) is 8.21. The maximum atomic E-state index is 10.3. The van der Waals surface area contributed by atoms with Gasteiger partial charge in [0.15, 0.2) is 0 Å². The zero-order valence-electron chi connectivity index (χ0n) is 16.7. The van der Waals surface area contributed by atoms with Crippen LogP contribution >= 0.6 is 0 Å². The van der Waals surface area contributed by atoms with Crippen LogP contribution in [-0.4, -0.2) is 23.8 Å². The van der Waals surface area contributed by atoms with Crippen LogP contribution in [0.5, 0.6) is 0 Å². The predicted molar refractivity (Wildman–Crippen MR) is 116 cm³/mol. The van der Waals surface area contributed by atoms with Crippen molar-refractivity contribution in [2.75, 3.05) is 0 Å². The first kappa shape index (κ1) is 18.8. The van der Waals surface area contributed by atoms with E-state index in [0.29, 0.717) is 0 Å². The molecule has 0 bridgehead atoms. The van der Waals surface area contributed by atoms with E-state index in [0.717, 1.165) is 38.5 Å². The Kier molecular flexibility index (Phi) is 4.57. The van der Waals surface area contributed by atoms with Crippen LogP contribution in [0.1, 0.15) is 27.7 Å². The second kappa shape index (κ2) is 6.80. The Bertz CT molecular complexity index is 1120. The van der Waals surface area contributed by atoms with Crippen molar-refractivity contribution >= 4 is 34.9 Å². The quantitative estimate of drug-likeness (QED) is 0.499. The minimum absolute atomic E-state index is 0.707. The van der Waals surface area contributed by atoms with Gasteiger partial charge in [0.1, 0.15) is 11.2 Å². The van der Waals surface area contributed by atoms with Crippen LogP contribution in [-0.2, 0) is 4.65 Å². The lowest BCUT2D eigenvalue weighted by Gasteiger charge is -2.37. The van der Waals surface area contributed by atoms with Gasteiger partial charge in [-0.25, -0.2) is 0 Å². The molecule has 1 aromatic heterocycles. The van der Waals surface area contributed by atoms with Gasteiger partial charge in [0, 0.05) is 16.3 Å². The molecule has 141 valence electrons. The molecule has 0 saturated heterocycles. The molecule has 1 N–H and O–H groups in total. The zero-order valence-corrected chi connectivity index (χ0v) is 16.7. The summed E-state index contributed by atoms with van der Waals surface area (Å²) in [5.41, 5.74) is 3.21. The highest BCUT2D eigenvalue weighted by Crippen LogP contribution is 2.35. The zero-order chi connectivity index (χ0) is 19.9. The molecule has 0 atom stereocenters. The number of aliphatic hydroxyl groups is 1. The number of benzene rings is 3. The summed E-state index contributed by atoms with van der Waals surface area (Å²) in [7, 11) is 1.71. The highest BCUT2D eigenvalue weighted by molar-refractivity contribution is 6.47. The van der Waals surface area contributed by atoms with Gasteiger partial charge in [-0.3, -0.25) is 0 Å². The Balaban J connectivity index is 1.73. The van der Waals surface area contributed by atoms with Crippen LogP contribution in [0.25, 0.3) is 33.1 Å². The van der Waals surface area contributed by atoms with Gasteiger partial charge < -0.3 is 14.2 Å². The third kappa shape index (κ3) is 3.34. The van der Waals surface area contributed by atoms with E-state index in [-0.39, 0.29) is 0 Å². The largest absolute Gasteiger partial charge is 0.455 e. The van der Waals surface area contributed by atoms with Gasteiger partial charge in [-0.2, -0.15) is 0 Å². The van der Waals surface area contributed by atoms with E-state index in [1.165, 1.54) is 0 Å².